The molecule has 6 heteroatoms. The number of amides is 1. The largest absolute Gasteiger partial charge is 0.332 e. The van der Waals surface area contributed by atoms with Gasteiger partial charge in [-0.2, -0.15) is 0 Å². The van der Waals surface area contributed by atoms with Gasteiger partial charge in [-0.15, -0.1) is 0 Å². The molecular weight excluding hydrogens is 336 g/mol. The number of nitrogens with one attached hydrogen (secondary N) is 1. The van der Waals surface area contributed by atoms with E-state index < -0.39 is 10.0 Å². The highest BCUT2D eigenvalue weighted by molar-refractivity contribution is 7.92. The summed E-state index contributed by atoms with van der Waals surface area (Å²) < 4.78 is 25.0. The van der Waals surface area contributed by atoms with E-state index in [1.165, 1.54) is 11.1 Å². The highest BCUT2D eigenvalue weighted by atomic mass is 32.2. The first kappa shape index (κ1) is 17.5. The fraction of sp³-hybridized carbons (Fsp3) is 0.316. The van der Waals surface area contributed by atoms with Gasteiger partial charge in [0.05, 0.1) is 12.3 Å². The summed E-state index contributed by atoms with van der Waals surface area (Å²) in [6.07, 6.45) is 3.05. The highest BCUT2D eigenvalue weighted by Crippen LogP contribution is 2.34. The van der Waals surface area contributed by atoms with Crippen molar-refractivity contribution in [3.63, 3.8) is 0 Å². The van der Waals surface area contributed by atoms with Gasteiger partial charge < -0.3 is 4.90 Å². The number of likely N-dealkylation sites (tertiary alicyclic amines) is 1. The lowest BCUT2D eigenvalue weighted by atomic mass is 9.99. The summed E-state index contributed by atoms with van der Waals surface area (Å²) in [5.74, 6) is -0.0170. The Balaban J connectivity index is 1.81. The Labute approximate surface area is 148 Å². The minimum Gasteiger partial charge on any atom is -0.332 e. The van der Waals surface area contributed by atoms with E-state index in [9.17, 15) is 13.2 Å². The molecule has 1 heterocycles. The Morgan fingerprint density at radius 2 is 1.80 bits per heavy atom. The summed E-state index contributed by atoms with van der Waals surface area (Å²) in [4.78, 5) is 14.8. The van der Waals surface area contributed by atoms with E-state index in [0.29, 0.717) is 11.3 Å². The van der Waals surface area contributed by atoms with Gasteiger partial charge in [0.1, 0.15) is 0 Å². The quantitative estimate of drug-likeness (QED) is 0.911. The summed E-state index contributed by atoms with van der Waals surface area (Å²) >= 11 is 0. The van der Waals surface area contributed by atoms with Crippen LogP contribution in [0, 0.1) is 6.92 Å². The second kappa shape index (κ2) is 6.88. The zero-order chi connectivity index (χ0) is 18.0. The van der Waals surface area contributed by atoms with E-state index in [2.05, 4.69) is 23.8 Å². The van der Waals surface area contributed by atoms with E-state index in [-0.39, 0.29) is 11.9 Å². The molecule has 0 radical (unpaired) electrons. The molecule has 1 unspecified atom stereocenters. The molecule has 1 amide bonds. The van der Waals surface area contributed by atoms with Crippen LogP contribution in [-0.2, 0) is 10.0 Å². The fourth-order valence-electron chi connectivity index (χ4n) is 3.35. The van der Waals surface area contributed by atoms with Crippen LogP contribution in [-0.4, -0.2) is 32.0 Å². The molecule has 0 aliphatic carbocycles. The second-order valence-electron chi connectivity index (χ2n) is 6.46. The molecule has 1 atom stereocenters. The third-order valence-electron chi connectivity index (χ3n) is 4.50. The van der Waals surface area contributed by atoms with Crippen molar-refractivity contribution in [2.75, 3.05) is 17.5 Å². The van der Waals surface area contributed by atoms with Gasteiger partial charge in [0.15, 0.2) is 0 Å². The molecule has 25 heavy (non-hydrogen) atoms. The number of sulfonamides is 1. The monoisotopic (exact) mass is 358 g/mol. The minimum atomic E-state index is -3.32. The van der Waals surface area contributed by atoms with Gasteiger partial charge in [0.25, 0.3) is 5.91 Å². The van der Waals surface area contributed by atoms with Crippen molar-refractivity contribution in [1.29, 1.82) is 0 Å². The number of benzene rings is 2. The maximum Gasteiger partial charge on any atom is 0.254 e. The van der Waals surface area contributed by atoms with Crippen LogP contribution in [0.1, 0.15) is 40.4 Å². The Bertz CT molecular complexity index is 876. The normalized spacial score (nSPS) is 17.5. The molecule has 2 aromatic rings. The third-order valence-corrected chi connectivity index (χ3v) is 5.10. The number of aryl methyl sites for hydroxylation is 1. The summed E-state index contributed by atoms with van der Waals surface area (Å²) in [5.41, 5.74) is 3.42. The summed E-state index contributed by atoms with van der Waals surface area (Å²) in [6, 6.07) is 14.9. The molecule has 1 aliphatic rings. The molecule has 1 N–H and O–H groups in total. The lowest BCUT2D eigenvalue weighted by Gasteiger charge is -2.26. The first-order valence-corrected chi connectivity index (χ1v) is 10.2. The second-order valence-corrected chi connectivity index (χ2v) is 8.21. The third kappa shape index (κ3) is 4.02. The molecule has 0 spiro atoms. The molecule has 1 fully saturated rings. The fourth-order valence-corrected chi connectivity index (χ4v) is 3.92. The van der Waals surface area contributed by atoms with Gasteiger partial charge in [-0.1, -0.05) is 24.3 Å². The van der Waals surface area contributed by atoms with Crippen LogP contribution in [0.25, 0.3) is 0 Å². The number of rotatable bonds is 4. The molecule has 3 rings (SSSR count). The standard InChI is InChI=1S/C19H22N2O3S/c1-14-6-3-4-7-17(14)18-8-5-13-21(18)19(22)15-9-11-16(12-10-15)20-25(2,23)24/h3-4,6-7,9-12,18,20H,5,8,13H2,1-2H3. The molecule has 5 nitrogen and oxygen atoms in total. The summed E-state index contributed by atoms with van der Waals surface area (Å²) in [7, 11) is -3.32. The molecule has 0 saturated carbocycles. The molecule has 2 aromatic carbocycles. The van der Waals surface area contributed by atoms with E-state index >= 15 is 0 Å². The number of hydrogen-bond donors (Lipinski definition) is 1. The molecule has 132 valence electrons. The number of anilines is 1. The maximum atomic E-state index is 12.9. The van der Waals surface area contributed by atoms with Crippen LogP contribution in [0.15, 0.2) is 48.5 Å². The van der Waals surface area contributed by atoms with Crippen LogP contribution >= 0.6 is 0 Å². The topological polar surface area (TPSA) is 66.5 Å². The van der Waals surface area contributed by atoms with Gasteiger partial charge in [-0.05, 0) is 55.2 Å². The highest BCUT2D eigenvalue weighted by Gasteiger charge is 2.31. The molecular formula is C19H22N2O3S. The Kier molecular flexibility index (Phi) is 4.81. The predicted molar refractivity (Wildman–Crippen MR) is 99.1 cm³/mol. The summed E-state index contributed by atoms with van der Waals surface area (Å²) in [5, 5.41) is 0. The Morgan fingerprint density at radius 3 is 2.44 bits per heavy atom. The first-order valence-electron chi connectivity index (χ1n) is 8.29. The van der Waals surface area contributed by atoms with Crippen LogP contribution in [0.3, 0.4) is 0 Å². The van der Waals surface area contributed by atoms with E-state index in [1.54, 1.807) is 24.3 Å². The van der Waals surface area contributed by atoms with Crippen molar-refractivity contribution in [1.82, 2.24) is 4.90 Å². The van der Waals surface area contributed by atoms with E-state index in [0.717, 1.165) is 25.6 Å². The smallest absolute Gasteiger partial charge is 0.254 e. The zero-order valence-electron chi connectivity index (χ0n) is 14.4. The van der Waals surface area contributed by atoms with Gasteiger partial charge >= 0.3 is 0 Å². The van der Waals surface area contributed by atoms with Crippen molar-refractivity contribution >= 4 is 21.6 Å². The van der Waals surface area contributed by atoms with Gasteiger partial charge in [0, 0.05) is 17.8 Å². The molecule has 1 aliphatic heterocycles. The van der Waals surface area contributed by atoms with Crippen molar-refractivity contribution in [2.45, 2.75) is 25.8 Å². The van der Waals surface area contributed by atoms with Crippen LogP contribution in [0.4, 0.5) is 5.69 Å². The van der Waals surface area contributed by atoms with Crippen LogP contribution in [0.2, 0.25) is 0 Å². The maximum absolute atomic E-state index is 12.9. The van der Waals surface area contributed by atoms with E-state index in [4.69, 9.17) is 0 Å². The van der Waals surface area contributed by atoms with Crippen molar-refractivity contribution in [3.8, 4) is 0 Å². The van der Waals surface area contributed by atoms with Crippen molar-refractivity contribution in [3.05, 3.63) is 65.2 Å². The number of hydrogen-bond acceptors (Lipinski definition) is 3. The van der Waals surface area contributed by atoms with Gasteiger partial charge in [-0.3, -0.25) is 9.52 Å². The minimum absolute atomic E-state index is 0.0170. The number of carbonyl (C=O) groups excluding carboxylic acids is 1. The van der Waals surface area contributed by atoms with Crippen molar-refractivity contribution in [2.24, 2.45) is 0 Å². The molecule has 0 bridgehead atoms. The first-order chi connectivity index (χ1) is 11.8. The summed E-state index contributed by atoms with van der Waals surface area (Å²) in [6.45, 7) is 2.81. The predicted octanol–water partition coefficient (Wildman–Crippen LogP) is 3.34. The molecule has 1 saturated heterocycles. The lowest BCUT2D eigenvalue weighted by molar-refractivity contribution is 0.0735. The van der Waals surface area contributed by atoms with Crippen LogP contribution < -0.4 is 4.72 Å². The van der Waals surface area contributed by atoms with Gasteiger partial charge in [-0.25, -0.2) is 8.42 Å². The lowest BCUT2D eigenvalue weighted by Crippen LogP contribution is -2.30. The molecule has 0 aromatic heterocycles. The van der Waals surface area contributed by atoms with Gasteiger partial charge in [0.2, 0.25) is 10.0 Å². The van der Waals surface area contributed by atoms with Crippen LogP contribution in [0.5, 0.6) is 0 Å². The average molecular weight is 358 g/mol. The van der Waals surface area contributed by atoms with E-state index in [1.807, 2.05) is 17.0 Å². The average Bonchev–Trinajstić information content (AvgIpc) is 3.03. The Hall–Kier alpha value is -2.34. The number of nitrogens with zero attached hydrogens (tertiary/aromatic N) is 1. The number of carbonyl (C=O) groups is 1. The zero-order valence-corrected chi connectivity index (χ0v) is 15.2. The SMILES string of the molecule is Cc1ccccc1C1CCCN1C(=O)c1ccc(NS(C)(=O)=O)cc1. The Morgan fingerprint density at radius 1 is 1.12 bits per heavy atom. The van der Waals surface area contributed by atoms with Crippen molar-refractivity contribution < 1.29 is 13.2 Å².